The van der Waals surface area contributed by atoms with Crippen LogP contribution in [0.3, 0.4) is 0 Å². The highest BCUT2D eigenvalue weighted by atomic mass is 16.5. The molecule has 1 aliphatic rings. The van der Waals surface area contributed by atoms with Crippen LogP contribution in [0.25, 0.3) is 6.08 Å². The minimum atomic E-state index is -0.421. The van der Waals surface area contributed by atoms with Crippen molar-refractivity contribution >= 4 is 40.9 Å². The van der Waals surface area contributed by atoms with Crippen LogP contribution in [0.2, 0.25) is 0 Å². The summed E-state index contributed by atoms with van der Waals surface area (Å²) in [5.74, 6) is 0.535. The Morgan fingerprint density at radius 2 is 1.62 bits per heavy atom. The van der Waals surface area contributed by atoms with Crippen LogP contribution in [0.15, 0.2) is 72.9 Å². The van der Waals surface area contributed by atoms with E-state index in [4.69, 9.17) is 9.47 Å². The summed E-state index contributed by atoms with van der Waals surface area (Å²) in [6, 6.07) is 19.3. The van der Waals surface area contributed by atoms with Crippen molar-refractivity contribution in [1.82, 2.24) is 24.7 Å². The van der Waals surface area contributed by atoms with Gasteiger partial charge in [0.15, 0.2) is 11.5 Å². The number of para-hydroxylation sites is 1. The number of amides is 2. The summed E-state index contributed by atoms with van der Waals surface area (Å²) in [4.78, 5) is 44.5. The Bertz CT molecular complexity index is 1860. The number of benzene rings is 3. The fourth-order valence-electron chi connectivity index (χ4n) is 6.10. The van der Waals surface area contributed by atoms with Crippen molar-refractivity contribution in [2.45, 2.75) is 27.7 Å². The van der Waals surface area contributed by atoms with Crippen molar-refractivity contribution in [1.29, 1.82) is 0 Å². The van der Waals surface area contributed by atoms with E-state index in [-0.39, 0.29) is 23.3 Å². The van der Waals surface area contributed by atoms with E-state index in [9.17, 15) is 9.59 Å². The molecule has 3 aromatic carbocycles. The van der Waals surface area contributed by atoms with Crippen LogP contribution in [-0.2, 0) is 4.79 Å². The lowest BCUT2D eigenvalue weighted by Gasteiger charge is -2.36. The third kappa shape index (κ3) is 10.3. The van der Waals surface area contributed by atoms with E-state index >= 15 is 0 Å². The van der Waals surface area contributed by atoms with Crippen molar-refractivity contribution in [2.24, 2.45) is 0 Å². The number of piperazine rings is 1. The highest BCUT2D eigenvalue weighted by Gasteiger charge is 2.21. The van der Waals surface area contributed by atoms with Gasteiger partial charge < -0.3 is 34.8 Å². The van der Waals surface area contributed by atoms with Crippen molar-refractivity contribution in [2.75, 3.05) is 89.1 Å². The first-order chi connectivity index (χ1) is 25.6. The van der Waals surface area contributed by atoms with Crippen molar-refractivity contribution in [3.8, 4) is 17.4 Å². The van der Waals surface area contributed by atoms with Gasteiger partial charge in [-0.05, 0) is 101 Å². The molecule has 53 heavy (non-hydrogen) atoms. The van der Waals surface area contributed by atoms with E-state index in [0.717, 1.165) is 61.8 Å². The molecule has 0 aliphatic carbocycles. The Balaban J connectivity index is 1.39. The number of rotatable bonds is 15. The smallest absolute Gasteiger partial charge is 0.262 e. The molecule has 2 amide bonds. The van der Waals surface area contributed by atoms with Gasteiger partial charge in [0.2, 0.25) is 17.7 Å². The number of methoxy groups -OCH3 is 1. The highest BCUT2D eigenvalue weighted by molar-refractivity contribution is 6.06. The summed E-state index contributed by atoms with van der Waals surface area (Å²) >= 11 is 0. The van der Waals surface area contributed by atoms with Crippen LogP contribution in [0.1, 0.15) is 40.9 Å². The molecule has 0 bridgehead atoms. The maximum absolute atomic E-state index is 13.8. The van der Waals surface area contributed by atoms with Crippen LogP contribution < -0.4 is 25.0 Å². The number of carbonyl (C=O) groups is 2. The Morgan fingerprint density at radius 3 is 2.26 bits per heavy atom. The summed E-state index contributed by atoms with van der Waals surface area (Å²) in [5, 5.41) is 6.30. The molecular weight excluding hydrogens is 669 g/mol. The van der Waals surface area contributed by atoms with Crippen molar-refractivity contribution in [3.63, 3.8) is 0 Å². The molecule has 0 radical (unpaired) electrons. The summed E-state index contributed by atoms with van der Waals surface area (Å²) < 4.78 is 12.0. The molecule has 2 heterocycles. The molecule has 1 aromatic heterocycles. The Kier molecular flexibility index (Phi) is 13.4. The van der Waals surface area contributed by atoms with E-state index in [1.54, 1.807) is 23.1 Å². The maximum atomic E-state index is 13.8. The third-order valence-corrected chi connectivity index (χ3v) is 9.33. The summed E-state index contributed by atoms with van der Waals surface area (Å²) in [7, 11) is 5.76. The van der Waals surface area contributed by atoms with Gasteiger partial charge in [-0.3, -0.25) is 14.5 Å². The average Bonchev–Trinajstić information content (AvgIpc) is 3.16. The van der Waals surface area contributed by atoms with E-state index < -0.39 is 5.91 Å². The molecular formula is C41H52N8O4. The predicted octanol–water partition coefficient (Wildman–Crippen LogP) is 6.46. The predicted molar refractivity (Wildman–Crippen MR) is 213 cm³/mol. The highest BCUT2D eigenvalue weighted by Crippen LogP contribution is 2.35. The standard InChI is InChI=1S/C41H52N8O4/c1-8-48(9-2)37(50)20-14-31-13-19-35(52-7)36(27-31)53-40-34(39(51)44-38-29(3)11-10-12-30(38)4)28-42-41(45-40)43-32-15-17-33(18-16-32)49-25-23-47(24-26-49)22-21-46(5)6/h10-20,27-28H,8-9,21-26H2,1-7H3,(H,44,51)(H,42,43,45)/b20-14+. The first-order valence-corrected chi connectivity index (χ1v) is 18.1. The van der Waals surface area contributed by atoms with Gasteiger partial charge in [-0.15, -0.1) is 0 Å². The summed E-state index contributed by atoms with van der Waals surface area (Å²) in [6.45, 7) is 15.2. The van der Waals surface area contributed by atoms with E-state index in [2.05, 4.69) is 61.5 Å². The van der Waals surface area contributed by atoms with E-state index in [1.165, 1.54) is 19.4 Å². The number of likely N-dealkylation sites (N-methyl/N-ethyl adjacent to an activating group) is 2. The van der Waals surface area contributed by atoms with Gasteiger partial charge in [-0.2, -0.15) is 4.98 Å². The van der Waals surface area contributed by atoms with Crippen molar-refractivity contribution in [3.05, 3.63) is 95.2 Å². The Hall–Kier alpha value is -5.46. The molecule has 1 aliphatic heterocycles. The fraction of sp³-hybridized carbons (Fsp3) is 0.366. The molecule has 0 atom stereocenters. The minimum Gasteiger partial charge on any atom is -0.493 e. The van der Waals surface area contributed by atoms with Crippen LogP contribution in [0.4, 0.5) is 23.0 Å². The number of ether oxygens (including phenoxy) is 2. The van der Waals surface area contributed by atoms with Crippen LogP contribution in [-0.4, -0.2) is 110 Å². The second kappa shape index (κ2) is 18.3. The molecule has 2 N–H and O–H groups in total. The molecule has 12 nitrogen and oxygen atoms in total. The summed E-state index contributed by atoms with van der Waals surface area (Å²) in [5.41, 5.74) is 5.36. The molecule has 1 saturated heterocycles. The first-order valence-electron chi connectivity index (χ1n) is 18.1. The number of hydrogen-bond acceptors (Lipinski definition) is 10. The third-order valence-electron chi connectivity index (χ3n) is 9.33. The second-order valence-corrected chi connectivity index (χ2v) is 13.3. The Labute approximate surface area is 313 Å². The number of aromatic nitrogens is 2. The van der Waals surface area contributed by atoms with Gasteiger partial charge in [0.1, 0.15) is 5.56 Å². The number of carbonyl (C=O) groups excluding carboxylic acids is 2. The zero-order valence-electron chi connectivity index (χ0n) is 32.0. The molecule has 5 rings (SSSR count). The zero-order valence-corrected chi connectivity index (χ0v) is 32.0. The van der Waals surface area contributed by atoms with Gasteiger partial charge in [-0.25, -0.2) is 4.98 Å². The number of hydrogen-bond donors (Lipinski definition) is 2. The molecule has 1 fully saturated rings. The Morgan fingerprint density at radius 1 is 0.925 bits per heavy atom. The number of nitrogens with zero attached hydrogens (tertiary/aromatic N) is 6. The largest absolute Gasteiger partial charge is 0.493 e. The van der Waals surface area contributed by atoms with Gasteiger partial charge in [-0.1, -0.05) is 24.3 Å². The van der Waals surface area contributed by atoms with Gasteiger partial charge in [0.05, 0.1) is 7.11 Å². The maximum Gasteiger partial charge on any atom is 0.262 e. The average molecular weight is 721 g/mol. The lowest BCUT2D eigenvalue weighted by atomic mass is 10.1. The molecule has 0 spiro atoms. The zero-order chi connectivity index (χ0) is 37.9. The number of anilines is 4. The normalized spacial score (nSPS) is 13.3. The van der Waals surface area contributed by atoms with E-state index in [0.29, 0.717) is 35.8 Å². The van der Waals surface area contributed by atoms with E-state index in [1.807, 2.05) is 64.1 Å². The number of aryl methyl sites for hydroxylation is 2. The second-order valence-electron chi connectivity index (χ2n) is 13.3. The lowest BCUT2D eigenvalue weighted by Crippen LogP contribution is -2.48. The SMILES string of the molecule is CCN(CC)C(=O)/C=C/c1ccc(OC)c(Oc2nc(Nc3ccc(N4CCN(CCN(C)C)CC4)cc3)ncc2C(=O)Nc2c(C)cccc2C)c1. The van der Waals surface area contributed by atoms with Gasteiger partial charge in [0, 0.05) is 81.7 Å². The molecule has 280 valence electrons. The minimum absolute atomic E-state index is 0.0358. The molecule has 0 saturated carbocycles. The van der Waals surface area contributed by atoms with Gasteiger partial charge >= 0.3 is 0 Å². The van der Waals surface area contributed by atoms with Crippen LogP contribution >= 0.6 is 0 Å². The van der Waals surface area contributed by atoms with Crippen molar-refractivity contribution < 1.29 is 19.1 Å². The molecule has 12 heteroatoms. The number of nitrogens with one attached hydrogen (secondary N) is 2. The topological polar surface area (TPSA) is 115 Å². The monoisotopic (exact) mass is 720 g/mol. The van der Waals surface area contributed by atoms with Gasteiger partial charge in [0.25, 0.3) is 5.91 Å². The molecule has 0 unspecified atom stereocenters. The fourth-order valence-corrected chi connectivity index (χ4v) is 6.10. The van der Waals surface area contributed by atoms with Crippen LogP contribution in [0, 0.1) is 13.8 Å². The van der Waals surface area contributed by atoms with Crippen LogP contribution in [0.5, 0.6) is 17.4 Å². The first kappa shape index (κ1) is 38.8. The lowest BCUT2D eigenvalue weighted by molar-refractivity contribution is -0.125. The summed E-state index contributed by atoms with van der Waals surface area (Å²) in [6.07, 6.45) is 4.71. The molecule has 4 aromatic rings. The quantitative estimate of drug-likeness (QED) is 0.133.